The van der Waals surface area contributed by atoms with Crippen molar-refractivity contribution in [2.75, 3.05) is 11.9 Å². The number of carbonyl (C=O) groups is 2. The molecule has 1 aromatic rings. The van der Waals surface area contributed by atoms with Crippen LogP contribution in [0.4, 0.5) is 5.69 Å². The van der Waals surface area contributed by atoms with Gasteiger partial charge in [-0.1, -0.05) is 51.2 Å². The van der Waals surface area contributed by atoms with Gasteiger partial charge >= 0.3 is 0 Å². The minimum absolute atomic E-state index is 0.0645. The molecule has 5 nitrogen and oxygen atoms in total. The summed E-state index contributed by atoms with van der Waals surface area (Å²) >= 11 is 0. The van der Waals surface area contributed by atoms with Crippen LogP contribution >= 0.6 is 0 Å². The molecule has 5 heteroatoms. The van der Waals surface area contributed by atoms with Gasteiger partial charge in [0.1, 0.15) is 5.75 Å². The Morgan fingerprint density at radius 1 is 0.960 bits per heavy atom. The lowest BCUT2D eigenvalue weighted by molar-refractivity contribution is -0.123. The quantitative estimate of drug-likeness (QED) is 0.302. The zero-order chi connectivity index (χ0) is 18.3. The van der Waals surface area contributed by atoms with E-state index >= 15 is 0 Å². The van der Waals surface area contributed by atoms with E-state index in [1.165, 1.54) is 44.2 Å². The number of allylic oxidation sites excluding steroid dienone is 1. The SMILES string of the molecule is CCCCCCCC/C=C/CC(=O)NCC(=O)Nc1ccc(O)cc1. The van der Waals surface area contributed by atoms with E-state index < -0.39 is 0 Å². The molecule has 0 radical (unpaired) electrons. The maximum absolute atomic E-state index is 11.7. The number of hydrogen-bond acceptors (Lipinski definition) is 3. The Morgan fingerprint density at radius 3 is 2.36 bits per heavy atom. The van der Waals surface area contributed by atoms with Crippen LogP contribution in [-0.2, 0) is 9.59 Å². The Labute approximate surface area is 150 Å². The third kappa shape index (κ3) is 11.0. The van der Waals surface area contributed by atoms with Crippen molar-refractivity contribution in [3.8, 4) is 5.75 Å². The second-order valence-electron chi connectivity index (χ2n) is 6.10. The highest BCUT2D eigenvalue weighted by molar-refractivity contribution is 5.94. The lowest BCUT2D eigenvalue weighted by atomic mass is 10.1. The average Bonchev–Trinajstić information content (AvgIpc) is 2.60. The fraction of sp³-hybridized carbons (Fsp3) is 0.500. The molecule has 0 saturated carbocycles. The number of anilines is 1. The lowest BCUT2D eigenvalue weighted by Gasteiger charge is -2.06. The fourth-order valence-corrected chi connectivity index (χ4v) is 2.35. The molecule has 0 spiro atoms. The Hall–Kier alpha value is -2.30. The third-order valence-corrected chi connectivity index (χ3v) is 3.79. The number of nitrogens with one attached hydrogen (secondary N) is 2. The second kappa shape index (κ2) is 13.0. The van der Waals surface area contributed by atoms with Crippen molar-refractivity contribution in [3.63, 3.8) is 0 Å². The molecule has 0 unspecified atom stereocenters. The van der Waals surface area contributed by atoms with Crippen LogP contribution in [0, 0.1) is 0 Å². The summed E-state index contributed by atoms with van der Waals surface area (Å²) in [4.78, 5) is 23.4. The molecule has 138 valence electrons. The first kappa shape index (κ1) is 20.7. The molecule has 1 rings (SSSR count). The Morgan fingerprint density at radius 2 is 1.64 bits per heavy atom. The molecule has 0 aliphatic heterocycles. The maximum Gasteiger partial charge on any atom is 0.243 e. The molecule has 0 saturated heterocycles. The normalized spacial score (nSPS) is 10.8. The van der Waals surface area contributed by atoms with Gasteiger partial charge in [0.25, 0.3) is 0 Å². The zero-order valence-corrected chi connectivity index (χ0v) is 15.1. The van der Waals surface area contributed by atoms with Crippen LogP contribution in [0.3, 0.4) is 0 Å². The van der Waals surface area contributed by atoms with Crippen molar-refractivity contribution in [1.82, 2.24) is 5.32 Å². The number of unbranched alkanes of at least 4 members (excludes halogenated alkanes) is 6. The highest BCUT2D eigenvalue weighted by atomic mass is 16.3. The summed E-state index contributed by atoms with van der Waals surface area (Å²) in [5, 5.41) is 14.4. The molecule has 0 bridgehead atoms. The number of rotatable bonds is 12. The molecular weight excluding hydrogens is 316 g/mol. The largest absolute Gasteiger partial charge is 0.508 e. The van der Waals surface area contributed by atoms with E-state index in [1.807, 2.05) is 12.2 Å². The molecular formula is C20H30N2O3. The molecule has 0 aliphatic rings. The summed E-state index contributed by atoms with van der Waals surface area (Å²) in [7, 11) is 0. The van der Waals surface area contributed by atoms with Gasteiger partial charge in [-0.25, -0.2) is 0 Å². The molecule has 3 N–H and O–H groups in total. The van der Waals surface area contributed by atoms with E-state index in [4.69, 9.17) is 0 Å². The highest BCUT2D eigenvalue weighted by Gasteiger charge is 2.04. The van der Waals surface area contributed by atoms with Gasteiger partial charge in [-0.3, -0.25) is 9.59 Å². The summed E-state index contributed by atoms with van der Waals surface area (Å²) in [6.45, 7) is 2.15. The van der Waals surface area contributed by atoms with E-state index in [9.17, 15) is 14.7 Å². The van der Waals surface area contributed by atoms with Gasteiger partial charge in [0.05, 0.1) is 6.54 Å². The lowest BCUT2D eigenvalue weighted by Crippen LogP contribution is -2.32. The van der Waals surface area contributed by atoms with Gasteiger partial charge in [0.2, 0.25) is 11.8 Å². The molecule has 0 fully saturated rings. The van der Waals surface area contributed by atoms with Gasteiger partial charge in [0, 0.05) is 12.1 Å². The number of hydrogen-bond donors (Lipinski definition) is 3. The number of phenolic OH excluding ortho intramolecular Hbond substituents is 1. The summed E-state index contributed by atoms with van der Waals surface area (Å²) in [6.07, 6.45) is 12.8. The van der Waals surface area contributed by atoms with Crippen LogP contribution in [0.2, 0.25) is 0 Å². The first-order valence-corrected chi connectivity index (χ1v) is 9.12. The number of amides is 2. The monoisotopic (exact) mass is 346 g/mol. The van der Waals surface area contributed by atoms with Crippen molar-refractivity contribution in [3.05, 3.63) is 36.4 Å². The van der Waals surface area contributed by atoms with Gasteiger partial charge in [-0.05, 0) is 37.1 Å². The van der Waals surface area contributed by atoms with Gasteiger partial charge in [0.15, 0.2) is 0 Å². The van der Waals surface area contributed by atoms with Crippen molar-refractivity contribution in [2.45, 2.75) is 58.3 Å². The average molecular weight is 346 g/mol. The highest BCUT2D eigenvalue weighted by Crippen LogP contribution is 2.13. The minimum atomic E-state index is -0.296. The predicted molar refractivity (Wildman–Crippen MR) is 101 cm³/mol. The molecule has 0 aliphatic carbocycles. The first-order chi connectivity index (χ1) is 12.1. The molecule has 25 heavy (non-hydrogen) atoms. The van der Waals surface area contributed by atoms with Crippen molar-refractivity contribution in [2.24, 2.45) is 0 Å². The van der Waals surface area contributed by atoms with Crippen LogP contribution in [0.1, 0.15) is 58.3 Å². The van der Waals surface area contributed by atoms with E-state index in [1.54, 1.807) is 12.1 Å². The van der Waals surface area contributed by atoms with E-state index in [0.29, 0.717) is 12.1 Å². The van der Waals surface area contributed by atoms with Gasteiger partial charge in [-0.2, -0.15) is 0 Å². The Kier molecular flexibility index (Phi) is 10.8. The van der Waals surface area contributed by atoms with Crippen molar-refractivity contribution in [1.29, 1.82) is 0 Å². The Bertz CT molecular complexity index is 538. The van der Waals surface area contributed by atoms with Crippen molar-refractivity contribution < 1.29 is 14.7 Å². The minimum Gasteiger partial charge on any atom is -0.508 e. The third-order valence-electron chi connectivity index (χ3n) is 3.79. The molecule has 0 aromatic heterocycles. The van der Waals surface area contributed by atoms with Crippen molar-refractivity contribution >= 4 is 17.5 Å². The number of phenols is 1. The van der Waals surface area contributed by atoms with E-state index in [0.717, 1.165) is 12.8 Å². The number of aromatic hydroxyl groups is 1. The summed E-state index contributed by atoms with van der Waals surface area (Å²) in [5.41, 5.74) is 0.580. The summed E-state index contributed by atoms with van der Waals surface area (Å²) in [5.74, 6) is -0.325. The fourth-order valence-electron chi connectivity index (χ4n) is 2.35. The Balaban J connectivity index is 2.06. The molecule has 1 aromatic carbocycles. The number of benzene rings is 1. The molecule has 2 amide bonds. The van der Waals surface area contributed by atoms with Crippen LogP contribution in [0.15, 0.2) is 36.4 Å². The first-order valence-electron chi connectivity index (χ1n) is 9.12. The zero-order valence-electron chi connectivity index (χ0n) is 15.1. The van der Waals surface area contributed by atoms with Crippen LogP contribution < -0.4 is 10.6 Å². The van der Waals surface area contributed by atoms with Crippen LogP contribution in [0.5, 0.6) is 5.75 Å². The topological polar surface area (TPSA) is 78.4 Å². The van der Waals surface area contributed by atoms with E-state index in [-0.39, 0.29) is 24.1 Å². The molecule has 0 atom stereocenters. The van der Waals surface area contributed by atoms with Crippen LogP contribution in [0.25, 0.3) is 0 Å². The standard InChI is InChI=1S/C20H30N2O3/c1-2-3-4-5-6-7-8-9-10-11-19(24)21-16-20(25)22-17-12-14-18(23)15-13-17/h9-10,12-15,23H,2-8,11,16H2,1H3,(H,21,24)(H,22,25)/b10-9+. The summed E-state index contributed by atoms with van der Waals surface area (Å²) in [6, 6.07) is 6.17. The van der Waals surface area contributed by atoms with Crippen LogP contribution in [-0.4, -0.2) is 23.5 Å². The predicted octanol–water partition coefficient (Wildman–Crippen LogP) is 4.14. The second-order valence-corrected chi connectivity index (χ2v) is 6.10. The number of carbonyl (C=O) groups excluding carboxylic acids is 2. The van der Waals surface area contributed by atoms with Gasteiger partial charge in [-0.15, -0.1) is 0 Å². The van der Waals surface area contributed by atoms with E-state index in [2.05, 4.69) is 17.6 Å². The molecule has 0 heterocycles. The van der Waals surface area contributed by atoms with Gasteiger partial charge < -0.3 is 15.7 Å². The smallest absolute Gasteiger partial charge is 0.243 e. The summed E-state index contributed by atoms with van der Waals surface area (Å²) < 4.78 is 0. The maximum atomic E-state index is 11.7.